The number of aromatic hydroxyl groups is 3. The summed E-state index contributed by atoms with van der Waals surface area (Å²) in [4.78, 5) is -1.34. The van der Waals surface area contributed by atoms with E-state index < -0.39 is 52.9 Å². The normalized spacial score (nSPS) is 12.0. The second-order valence-corrected chi connectivity index (χ2v) is 11.3. The summed E-state index contributed by atoms with van der Waals surface area (Å²) < 4.78 is 69.6. The van der Waals surface area contributed by atoms with Gasteiger partial charge in [-0.2, -0.15) is 0 Å². The minimum absolute atomic E-state index is 0. The Hall–Kier alpha value is -2.96. The average molecular weight is 639 g/mol. The molecule has 0 amide bonds. The zero-order valence-electron chi connectivity index (χ0n) is 22.4. The summed E-state index contributed by atoms with van der Waals surface area (Å²) in [5.74, 6) is -1.40. The van der Waals surface area contributed by atoms with Crippen LogP contribution in [-0.4, -0.2) is 41.3 Å². The standard InChI is InChI=1S/C26H18N4O9S2.2Na/c31-22-9-5-14-3-1-2-4-18(14)24(22)29-27-20-12-17(41(37,38)39)13-21(26(20)33)28-30-25-19-8-7-16(40(34,35)36)11-15(19)6-10-23(25)32;;/h1-13,31-33H,(H,34,35,36)(H,37,38,39);;/q;2*+1/p-2. The van der Waals surface area contributed by atoms with Gasteiger partial charge in [-0.15, -0.1) is 20.5 Å². The number of hydrogen-bond acceptors (Lipinski definition) is 13. The van der Waals surface area contributed by atoms with E-state index in [1.165, 1.54) is 18.2 Å². The van der Waals surface area contributed by atoms with E-state index in [0.29, 0.717) is 10.8 Å². The molecule has 0 unspecified atom stereocenters. The molecular formula is C26H16N4Na2O9S2. The summed E-state index contributed by atoms with van der Waals surface area (Å²) >= 11 is 0. The zero-order valence-corrected chi connectivity index (χ0v) is 28.0. The predicted molar refractivity (Wildman–Crippen MR) is 144 cm³/mol. The monoisotopic (exact) mass is 638 g/mol. The number of rotatable bonds is 6. The van der Waals surface area contributed by atoms with Crippen LogP contribution in [0.1, 0.15) is 0 Å². The van der Waals surface area contributed by atoms with Crippen LogP contribution in [-0.2, 0) is 20.2 Å². The fourth-order valence-corrected chi connectivity index (χ4v) is 4.99. The molecule has 0 saturated carbocycles. The molecule has 0 heterocycles. The molecule has 5 aromatic rings. The van der Waals surface area contributed by atoms with E-state index >= 15 is 0 Å². The Balaban J connectivity index is 0.00000253. The predicted octanol–water partition coefficient (Wildman–Crippen LogP) is -0.243. The van der Waals surface area contributed by atoms with Crippen LogP contribution in [0, 0.1) is 0 Å². The largest absolute Gasteiger partial charge is 1.00 e. The van der Waals surface area contributed by atoms with Crippen molar-refractivity contribution in [3.63, 3.8) is 0 Å². The van der Waals surface area contributed by atoms with Crippen molar-refractivity contribution < 1.29 is 100 Å². The van der Waals surface area contributed by atoms with E-state index in [9.17, 15) is 41.3 Å². The number of fused-ring (bicyclic) bond motifs is 2. The smallest absolute Gasteiger partial charge is 0.744 e. The summed E-state index contributed by atoms with van der Waals surface area (Å²) in [5, 5.41) is 48.5. The minimum Gasteiger partial charge on any atom is -0.744 e. The quantitative estimate of drug-likeness (QED) is 0.127. The van der Waals surface area contributed by atoms with Gasteiger partial charge in [0.15, 0.2) is 5.75 Å². The van der Waals surface area contributed by atoms with Crippen molar-refractivity contribution in [1.82, 2.24) is 0 Å². The fourth-order valence-electron chi connectivity index (χ4n) is 3.97. The second kappa shape index (κ2) is 13.4. The van der Waals surface area contributed by atoms with Crippen molar-refractivity contribution in [2.24, 2.45) is 20.5 Å². The Bertz CT molecular complexity index is 2160. The molecule has 0 saturated heterocycles. The van der Waals surface area contributed by atoms with Gasteiger partial charge >= 0.3 is 59.1 Å². The van der Waals surface area contributed by atoms with E-state index in [0.717, 1.165) is 30.3 Å². The van der Waals surface area contributed by atoms with E-state index in [1.54, 1.807) is 30.3 Å². The molecule has 0 aliphatic heterocycles. The summed E-state index contributed by atoms with van der Waals surface area (Å²) in [6.45, 7) is 0. The van der Waals surface area contributed by atoms with Crippen molar-refractivity contribution in [3.05, 3.63) is 78.9 Å². The van der Waals surface area contributed by atoms with Gasteiger partial charge in [0.05, 0.1) is 9.79 Å². The third-order valence-corrected chi connectivity index (χ3v) is 7.60. The Morgan fingerprint density at radius 2 is 1.02 bits per heavy atom. The first-order valence-corrected chi connectivity index (χ1v) is 14.2. The van der Waals surface area contributed by atoms with Crippen LogP contribution < -0.4 is 59.1 Å². The molecule has 0 aliphatic carbocycles. The van der Waals surface area contributed by atoms with Crippen LogP contribution in [0.3, 0.4) is 0 Å². The van der Waals surface area contributed by atoms with Gasteiger partial charge in [0.1, 0.15) is 54.5 Å². The van der Waals surface area contributed by atoms with Crippen LogP contribution in [0.25, 0.3) is 21.5 Å². The molecule has 0 bridgehead atoms. The molecular weight excluding hydrogens is 622 g/mol. The van der Waals surface area contributed by atoms with Gasteiger partial charge in [-0.25, -0.2) is 16.8 Å². The summed E-state index contributed by atoms with van der Waals surface area (Å²) in [6, 6.07) is 17.2. The number of hydrogen-bond donors (Lipinski definition) is 3. The molecule has 0 spiro atoms. The topological polar surface area (TPSA) is 225 Å². The maximum atomic E-state index is 11.8. The first-order chi connectivity index (χ1) is 19.3. The number of phenols is 3. The van der Waals surface area contributed by atoms with Gasteiger partial charge in [0, 0.05) is 10.8 Å². The van der Waals surface area contributed by atoms with Gasteiger partial charge in [-0.1, -0.05) is 42.5 Å². The first-order valence-electron chi connectivity index (χ1n) is 11.4. The number of phenolic OH excluding ortho intramolecular Hbond substituents is 3. The van der Waals surface area contributed by atoms with E-state index in [2.05, 4.69) is 20.5 Å². The van der Waals surface area contributed by atoms with E-state index in [-0.39, 0.29) is 87.0 Å². The molecule has 0 radical (unpaired) electrons. The number of azo groups is 2. The minimum atomic E-state index is -5.08. The van der Waals surface area contributed by atoms with Crippen LogP contribution in [0.2, 0.25) is 0 Å². The van der Waals surface area contributed by atoms with E-state index in [4.69, 9.17) is 0 Å². The maximum Gasteiger partial charge on any atom is 1.00 e. The van der Waals surface area contributed by atoms with Crippen LogP contribution in [0.15, 0.2) is 109 Å². The van der Waals surface area contributed by atoms with Crippen molar-refractivity contribution in [2.45, 2.75) is 9.79 Å². The van der Waals surface area contributed by atoms with Crippen molar-refractivity contribution in [3.8, 4) is 17.2 Å². The third-order valence-electron chi connectivity index (χ3n) is 5.96. The fraction of sp³-hybridized carbons (Fsp3) is 0. The maximum absolute atomic E-state index is 11.8. The SMILES string of the molecule is O=S(=O)([O-])c1cc(N=Nc2c(O)ccc3ccccc23)c(O)c(N=Nc2c(O)ccc3cc(S(=O)(=O)[O-])ccc23)c1.[Na+].[Na+]. The molecule has 3 N–H and O–H groups in total. The summed E-state index contributed by atoms with van der Waals surface area (Å²) in [5.41, 5.74) is -1.22. The Kier molecular flexibility index (Phi) is 10.7. The van der Waals surface area contributed by atoms with Crippen LogP contribution in [0.5, 0.6) is 17.2 Å². The van der Waals surface area contributed by atoms with E-state index in [1.807, 2.05) is 0 Å². The van der Waals surface area contributed by atoms with Crippen molar-refractivity contribution in [2.75, 3.05) is 0 Å². The molecule has 17 heteroatoms. The Morgan fingerprint density at radius 1 is 0.535 bits per heavy atom. The zero-order chi connectivity index (χ0) is 29.5. The summed E-state index contributed by atoms with van der Waals surface area (Å²) in [6.07, 6.45) is 0. The molecule has 5 rings (SSSR count). The Morgan fingerprint density at radius 3 is 1.56 bits per heavy atom. The second-order valence-electron chi connectivity index (χ2n) is 8.59. The molecule has 208 valence electrons. The van der Waals surface area contributed by atoms with Crippen molar-refractivity contribution >= 4 is 64.5 Å². The molecule has 0 fully saturated rings. The first kappa shape index (κ1) is 34.5. The molecule has 0 aromatic heterocycles. The molecule has 5 aromatic carbocycles. The van der Waals surface area contributed by atoms with Gasteiger partial charge in [-0.3, -0.25) is 0 Å². The Labute approximate surface area is 288 Å². The van der Waals surface area contributed by atoms with Gasteiger partial charge in [0.25, 0.3) is 0 Å². The van der Waals surface area contributed by atoms with Crippen LogP contribution >= 0.6 is 0 Å². The van der Waals surface area contributed by atoms with Gasteiger partial charge in [-0.05, 0) is 47.2 Å². The number of benzene rings is 5. The van der Waals surface area contributed by atoms with Crippen LogP contribution in [0.4, 0.5) is 22.7 Å². The molecule has 13 nitrogen and oxygen atoms in total. The average Bonchev–Trinajstić information content (AvgIpc) is 2.92. The van der Waals surface area contributed by atoms with Gasteiger partial charge in [0.2, 0.25) is 0 Å². The molecule has 0 aliphatic rings. The third kappa shape index (κ3) is 7.41. The van der Waals surface area contributed by atoms with Gasteiger partial charge < -0.3 is 24.4 Å². The molecule has 43 heavy (non-hydrogen) atoms. The number of nitrogens with zero attached hydrogens (tertiary/aromatic N) is 4. The summed E-state index contributed by atoms with van der Waals surface area (Å²) in [7, 11) is -9.85. The molecule has 0 atom stereocenters. The van der Waals surface area contributed by atoms with Crippen molar-refractivity contribution in [1.29, 1.82) is 0 Å².